The SMILES string of the molecule is CCc1cc(C(=O)N2CC(OC(C)=O)C[C@@H]2c2ccccc2F)ccc1Cl. The van der Waals surface area contributed by atoms with Gasteiger partial charge in [0, 0.05) is 29.5 Å². The van der Waals surface area contributed by atoms with Gasteiger partial charge in [-0.25, -0.2) is 4.39 Å². The second-order valence-corrected chi connectivity index (χ2v) is 7.03. The van der Waals surface area contributed by atoms with Crippen LogP contribution in [-0.4, -0.2) is 29.4 Å². The van der Waals surface area contributed by atoms with E-state index in [2.05, 4.69) is 0 Å². The Balaban J connectivity index is 1.95. The molecular formula is C21H21ClFNO3. The molecule has 3 rings (SSSR count). The number of ether oxygens (including phenoxy) is 1. The number of esters is 1. The van der Waals surface area contributed by atoms with Gasteiger partial charge in [0.15, 0.2) is 0 Å². The maximum absolute atomic E-state index is 14.4. The summed E-state index contributed by atoms with van der Waals surface area (Å²) in [6, 6.07) is 11.0. The number of hydrogen-bond donors (Lipinski definition) is 0. The summed E-state index contributed by atoms with van der Waals surface area (Å²) >= 11 is 6.15. The van der Waals surface area contributed by atoms with Crippen LogP contribution >= 0.6 is 11.6 Å². The molecule has 1 fully saturated rings. The standard InChI is InChI=1S/C21H21ClFNO3/c1-3-14-10-15(8-9-18(14)22)21(26)24-12-16(27-13(2)25)11-20(24)17-6-4-5-7-19(17)23/h4-10,16,20H,3,11-12H2,1-2H3/t16?,20-/m1/s1. The van der Waals surface area contributed by atoms with Crippen LogP contribution in [0.1, 0.15) is 47.8 Å². The summed E-state index contributed by atoms with van der Waals surface area (Å²) in [5.74, 6) is -1.03. The van der Waals surface area contributed by atoms with Crippen molar-refractivity contribution in [1.29, 1.82) is 0 Å². The predicted octanol–water partition coefficient (Wildman–Crippen LogP) is 4.56. The van der Waals surface area contributed by atoms with Gasteiger partial charge in [0.05, 0.1) is 12.6 Å². The van der Waals surface area contributed by atoms with E-state index in [0.717, 1.165) is 5.56 Å². The van der Waals surface area contributed by atoms with Crippen LogP contribution in [0.2, 0.25) is 5.02 Å². The molecule has 1 amide bonds. The van der Waals surface area contributed by atoms with Crippen LogP contribution in [0.15, 0.2) is 42.5 Å². The number of nitrogens with zero attached hydrogens (tertiary/aromatic N) is 1. The van der Waals surface area contributed by atoms with Gasteiger partial charge in [-0.1, -0.05) is 36.7 Å². The van der Waals surface area contributed by atoms with E-state index in [4.69, 9.17) is 16.3 Å². The molecule has 1 saturated heterocycles. The number of halogens is 2. The van der Waals surface area contributed by atoms with Crippen molar-refractivity contribution in [3.63, 3.8) is 0 Å². The summed E-state index contributed by atoms with van der Waals surface area (Å²) < 4.78 is 19.7. The normalized spacial score (nSPS) is 19.2. The molecule has 6 heteroatoms. The zero-order chi connectivity index (χ0) is 19.6. The van der Waals surface area contributed by atoms with Crippen molar-refractivity contribution < 1.29 is 18.7 Å². The first-order chi connectivity index (χ1) is 12.9. The van der Waals surface area contributed by atoms with E-state index in [1.54, 1.807) is 41.3 Å². The Labute approximate surface area is 162 Å². The van der Waals surface area contributed by atoms with Gasteiger partial charge >= 0.3 is 5.97 Å². The molecule has 2 atom stereocenters. The fourth-order valence-electron chi connectivity index (χ4n) is 3.53. The molecule has 0 aliphatic carbocycles. The van der Waals surface area contributed by atoms with Crippen molar-refractivity contribution in [3.8, 4) is 0 Å². The van der Waals surface area contributed by atoms with Gasteiger partial charge < -0.3 is 9.64 Å². The summed E-state index contributed by atoms with van der Waals surface area (Å²) in [4.78, 5) is 26.1. The Morgan fingerprint density at radius 2 is 2.00 bits per heavy atom. The fourth-order valence-corrected chi connectivity index (χ4v) is 3.78. The minimum atomic E-state index is -0.496. The third-order valence-electron chi connectivity index (χ3n) is 4.79. The van der Waals surface area contributed by atoms with E-state index in [1.807, 2.05) is 6.92 Å². The highest BCUT2D eigenvalue weighted by molar-refractivity contribution is 6.31. The van der Waals surface area contributed by atoms with Gasteiger partial charge in [-0.15, -0.1) is 0 Å². The van der Waals surface area contributed by atoms with Crippen LogP contribution in [-0.2, 0) is 16.0 Å². The van der Waals surface area contributed by atoms with Gasteiger partial charge in [0.2, 0.25) is 0 Å². The van der Waals surface area contributed by atoms with Crippen molar-refractivity contribution in [2.45, 2.75) is 38.8 Å². The largest absolute Gasteiger partial charge is 0.461 e. The van der Waals surface area contributed by atoms with Crippen molar-refractivity contribution in [2.75, 3.05) is 6.54 Å². The summed E-state index contributed by atoms with van der Waals surface area (Å²) in [6.07, 6.45) is 0.599. The molecule has 4 nitrogen and oxygen atoms in total. The first-order valence-electron chi connectivity index (χ1n) is 8.91. The third-order valence-corrected chi connectivity index (χ3v) is 5.16. The number of carbonyl (C=O) groups excluding carboxylic acids is 2. The smallest absolute Gasteiger partial charge is 0.302 e. The molecule has 2 aromatic carbocycles. The first-order valence-corrected chi connectivity index (χ1v) is 9.29. The molecule has 1 aliphatic heterocycles. The Morgan fingerprint density at radius 1 is 1.26 bits per heavy atom. The number of benzene rings is 2. The minimum absolute atomic E-state index is 0.224. The molecule has 0 N–H and O–H groups in total. The first kappa shape index (κ1) is 19.4. The average molecular weight is 390 g/mol. The van der Waals surface area contributed by atoms with Crippen LogP contribution in [0, 0.1) is 5.82 Å². The number of likely N-dealkylation sites (tertiary alicyclic amines) is 1. The summed E-state index contributed by atoms with van der Waals surface area (Å²) in [5.41, 5.74) is 1.78. The molecule has 142 valence electrons. The van der Waals surface area contributed by atoms with Crippen molar-refractivity contribution in [1.82, 2.24) is 4.90 Å². The zero-order valence-corrected chi connectivity index (χ0v) is 16.0. The van der Waals surface area contributed by atoms with Crippen LogP contribution < -0.4 is 0 Å². The Hall–Kier alpha value is -2.40. The molecule has 1 unspecified atom stereocenters. The molecule has 1 aliphatic rings. The summed E-state index contributed by atoms with van der Waals surface area (Å²) in [6.45, 7) is 3.51. The van der Waals surface area contributed by atoms with E-state index in [9.17, 15) is 14.0 Å². The lowest BCUT2D eigenvalue weighted by Crippen LogP contribution is -2.32. The number of carbonyl (C=O) groups is 2. The van der Waals surface area contributed by atoms with Crippen LogP contribution in [0.25, 0.3) is 0 Å². The maximum atomic E-state index is 14.4. The lowest BCUT2D eigenvalue weighted by Gasteiger charge is -2.25. The number of hydrogen-bond acceptors (Lipinski definition) is 3. The van der Waals surface area contributed by atoms with E-state index in [1.165, 1.54) is 13.0 Å². The highest BCUT2D eigenvalue weighted by atomic mass is 35.5. The molecule has 0 bridgehead atoms. The quantitative estimate of drug-likeness (QED) is 0.720. The lowest BCUT2D eigenvalue weighted by atomic mass is 10.0. The van der Waals surface area contributed by atoms with E-state index in [0.29, 0.717) is 29.0 Å². The van der Waals surface area contributed by atoms with Crippen LogP contribution in [0.3, 0.4) is 0 Å². The lowest BCUT2D eigenvalue weighted by molar-refractivity contribution is -0.145. The zero-order valence-electron chi connectivity index (χ0n) is 15.2. The Kier molecular flexibility index (Phi) is 5.80. The van der Waals surface area contributed by atoms with Gasteiger partial charge in [0.1, 0.15) is 11.9 Å². The van der Waals surface area contributed by atoms with Gasteiger partial charge in [0.25, 0.3) is 5.91 Å². The minimum Gasteiger partial charge on any atom is -0.461 e. The number of rotatable bonds is 4. The van der Waals surface area contributed by atoms with E-state index < -0.39 is 18.1 Å². The molecule has 27 heavy (non-hydrogen) atoms. The highest BCUT2D eigenvalue weighted by Crippen LogP contribution is 2.36. The molecule has 1 heterocycles. The maximum Gasteiger partial charge on any atom is 0.302 e. The average Bonchev–Trinajstić information content (AvgIpc) is 3.04. The highest BCUT2D eigenvalue weighted by Gasteiger charge is 2.39. The predicted molar refractivity (Wildman–Crippen MR) is 101 cm³/mol. The Bertz CT molecular complexity index is 870. The van der Waals surface area contributed by atoms with Crippen molar-refractivity contribution in [3.05, 3.63) is 70.0 Å². The van der Waals surface area contributed by atoms with Crippen LogP contribution in [0.4, 0.5) is 4.39 Å². The number of amides is 1. The fraction of sp³-hybridized carbons (Fsp3) is 0.333. The molecule has 0 aromatic heterocycles. The second-order valence-electron chi connectivity index (χ2n) is 6.62. The monoisotopic (exact) mass is 389 g/mol. The van der Waals surface area contributed by atoms with Crippen molar-refractivity contribution in [2.24, 2.45) is 0 Å². The Morgan fingerprint density at radius 3 is 2.67 bits per heavy atom. The van der Waals surface area contributed by atoms with Gasteiger partial charge in [-0.05, 0) is 36.2 Å². The summed E-state index contributed by atoms with van der Waals surface area (Å²) in [7, 11) is 0. The third kappa shape index (κ3) is 4.14. The van der Waals surface area contributed by atoms with E-state index >= 15 is 0 Å². The molecular weight excluding hydrogens is 369 g/mol. The van der Waals surface area contributed by atoms with Crippen molar-refractivity contribution >= 4 is 23.5 Å². The molecule has 2 aromatic rings. The van der Waals surface area contributed by atoms with Crippen LogP contribution in [0.5, 0.6) is 0 Å². The van der Waals surface area contributed by atoms with Gasteiger partial charge in [-0.3, -0.25) is 9.59 Å². The molecule has 0 radical (unpaired) electrons. The molecule has 0 saturated carbocycles. The molecule has 0 spiro atoms. The van der Waals surface area contributed by atoms with Gasteiger partial charge in [-0.2, -0.15) is 0 Å². The number of aryl methyl sites for hydroxylation is 1. The van der Waals surface area contributed by atoms with E-state index in [-0.39, 0.29) is 18.3 Å². The summed E-state index contributed by atoms with van der Waals surface area (Å²) in [5, 5.41) is 0.610. The second kappa shape index (κ2) is 8.09. The topological polar surface area (TPSA) is 46.6 Å².